The van der Waals surface area contributed by atoms with Gasteiger partial charge in [-0.3, -0.25) is 38.4 Å². The molecule has 21 nitrogen and oxygen atoms in total. The summed E-state index contributed by atoms with van der Waals surface area (Å²) in [5, 5.41) is 24.0. The number of hydrogen-bond acceptors (Lipinski definition) is 14. The molecule has 0 radical (unpaired) electrons. The molecule has 5 aromatic rings. The van der Waals surface area contributed by atoms with Crippen LogP contribution in [0.3, 0.4) is 0 Å². The number of aromatic nitrogens is 2. The maximum atomic E-state index is 15.4. The van der Waals surface area contributed by atoms with Crippen LogP contribution < -0.4 is 37.0 Å². The van der Waals surface area contributed by atoms with Gasteiger partial charge in [0.05, 0.1) is 74.2 Å². The molecule has 0 saturated heterocycles. The number of esters is 1. The molecule has 7 amide bonds. The molecule has 2 unspecified atom stereocenters. The van der Waals surface area contributed by atoms with Crippen molar-refractivity contribution in [2.75, 3.05) is 51.1 Å². The quantitative estimate of drug-likeness (QED) is 0.0258. The molecule has 6 N–H and O–H groups in total. The molecule has 0 saturated carbocycles. The smallest absolute Gasteiger partial charge is 0.340 e. The molecular formula is C55H55FN8O13. The van der Waals surface area contributed by atoms with E-state index in [2.05, 4.69) is 26.6 Å². The number of nitrogens with one attached hydrogen (secondary N) is 5. The van der Waals surface area contributed by atoms with Gasteiger partial charge in [0.25, 0.3) is 17.4 Å². The largest absolute Gasteiger partial charge is 0.458 e. The summed E-state index contributed by atoms with van der Waals surface area (Å²) in [4.78, 5) is 120. The number of cyclic esters (lactones) is 1. The number of rotatable bonds is 21. The Bertz CT molecular complexity index is 3310. The number of fused-ring (bicyclic) bond motifs is 5. The van der Waals surface area contributed by atoms with E-state index in [-0.39, 0.29) is 63.7 Å². The fourth-order valence-electron chi connectivity index (χ4n) is 10.1. The van der Waals surface area contributed by atoms with E-state index in [0.29, 0.717) is 53.0 Å². The lowest BCUT2D eigenvalue weighted by atomic mass is 9.69. The van der Waals surface area contributed by atoms with E-state index in [1.807, 2.05) is 6.92 Å². The first-order valence-corrected chi connectivity index (χ1v) is 25.0. The zero-order valence-corrected chi connectivity index (χ0v) is 42.1. The molecule has 0 bridgehead atoms. The SMILES string of the molecule is Cc1c(F)cc2nc3c(c4c2c1CC[C@@]4(C)COCCOCNC(=O)CNC(=O)C(Cc1ccccc1)NC(=O)CNC(=O)CNC(=O)CCc1ccc(N2C(=O)C=CC2=O)cc1)Cn1c-3cc2c(c1=O)COC(=O)C2O. The summed E-state index contributed by atoms with van der Waals surface area (Å²) in [5.74, 6) is -5.14. The summed E-state index contributed by atoms with van der Waals surface area (Å²) in [5.41, 5.74) is 5.50. The van der Waals surface area contributed by atoms with Gasteiger partial charge in [0.2, 0.25) is 29.5 Å². The van der Waals surface area contributed by atoms with Crippen molar-refractivity contribution in [3.63, 3.8) is 0 Å². The van der Waals surface area contributed by atoms with E-state index >= 15 is 4.39 Å². The highest BCUT2D eigenvalue weighted by Crippen LogP contribution is 2.48. The lowest BCUT2D eigenvalue weighted by Crippen LogP contribution is -2.52. The summed E-state index contributed by atoms with van der Waals surface area (Å²) in [6, 6.07) is 17.3. The predicted molar refractivity (Wildman–Crippen MR) is 273 cm³/mol. The average Bonchev–Trinajstić information content (AvgIpc) is 4.05. The average molecular weight is 1060 g/mol. The minimum Gasteiger partial charge on any atom is -0.458 e. The van der Waals surface area contributed by atoms with Gasteiger partial charge in [-0.15, -0.1) is 0 Å². The van der Waals surface area contributed by atoms with Crippen molar-refractivity contribution >= 4 is 63.9 Å². The number of carbonyl (C=O) groups excluding carboxylic acids is 8. The monoisotopic (exact) mass is 1050 g/mol. The number of halogens is 1. The van der Waals surface area contributed by atoms with E-state index in [1.165, 1.54) is 18.2 Å². The number of nitrogens with zero attached hydrogens (tertiary/aromatic N) is 3. The second-order valence-electron chi connectivity index (χ2n) is 19.4. The van der Waals surface area contributed by atoms with Crippen LogP contribution in [0, 0.1) is 12.7 Å². The lowest BCUT2D eigenvalue weighted by Gasteiger charge is -2.37. The van der Waals surface area contributed by atoms with Gasteiger partial charge in [-0.25, -0.2) is 19.1 Å². The van der Waals surface area contributed by atoms with Crippen molar-refractivity contribution in [1.29, 1.82) is 0 Å². The van der Waals surface area contributed by atoms with Gasteiger partial charge in [0.1, 0.15) is 25.2 Å². The summed E-state index contributed by atoms with van der Waals surface area (Å²) < 4.78 is 33.8. The maximum absolute atomic E-state index is 15.4. The first kappa shape index (κ1) is 53.4. The Morgan fingerprint density at radius 1 is 0.831 bits per heavy atom. The van der Waals surface area contributed by atoms with Crippen LogP contribution in [0.5, 0.6) is 0 Å². The van der Waals surface area contributed by atoms with Crippen molar-refractivity contribution in [3.8, 4) is 11.4 Å². The molecule has 22 heteroatoms. The van der Waals surface area contributed by atoms with Gasteiger partial charge in [0.15, 0.2) is 6.10 Å². The second-order valence-corrected chi connectivity index (χ2v) is 19.4. The number of aliphatic hydroxyl groups is 1. The molecule has 3 atom stereocenters. The molecule has 0 fully saturated rings. The van der Waals surface area contributed by atoms with Crippen molar-refractivity contribution in [3.05, 3.63) is 140 Å². The normalized spacial score (nSPS) is 17.3. The minimum absolute atomic E-state index is 0.0391. The Kier molecular flexibility index (Phi) is 15.8. The fraction of sp³-hybridized carbons (Fsp3) is 0.345. The highest BCUT2D eigenvalue weighted by molar-refractivity contribution is 6.28. The first-order valence-electron chi connectivity index (χ1n) is 25.0. The molecule has 2 aromatic heterocycles. The maximum Gasteiger partial charge on any atom is 0.340 e. The third-order valence-electron chi connectivity index (χ3n) is 14.2. The zero-order valence-electron chi connectivity index (χ0n) is 42.1. The van der Waals surface area contributed by atoms with E-state index in [1.54, 1.807) is 72.2 Å². The Hall–Kier alpha value is -8.47. The number of imide groups is 1. The van der Waals surface area contributed by atoms with Crippen LogP contribution >= 0.6 is 0 Å². The molecular weight excluding hydrogens is 1000 g/mol. The number of pyridine rings is 2. The van der Waals surface area contributed by atoms with Crippen LogP contribution in [-0.2, 0) is 90.4 Å². The van der Waals surface area contributed by atoms with Gasteiger partial charge < -0.3 is 50.5 Å². The van der Waals surface area contributed by atoms with Crippen LogP contribution in [-0.4, -0.2) is 114 Å². The summed E-state index contributed by atoms with van der Waals surface area (Å²) >= 11 is 0. The highest BCUT2D eigenvalue weighted by Gasteiger charge is 2.42. The molecule has 0 spiro atoms. The third kappa shape index (κ3) is 11.5. The summed E-state index contributed by atoms with van der Waals surface area (Å²) in [7, 11) is 0. The number of carbonyl (C=O) groups is 8. The Morgan fingerprint density at radius 2 is 1.52 bits per heavy atom. The number of aliphatic hydroxyl groups excluding tert-OH is 1. The van der Waals surface area contributed by atoms with Gasteiger partial charge in [-0.05, 0) is 72.2 Å². The van der Waals surface area contributed by atoms with Gasteiger partial charge in [-0.1, -0.05) is 49.4 Å². The van der Waals surface area contributed by atoms with Gasteiger partial charge in [0, 0.05) is 53.0 Å². The lowest BCUT2D eigenvalue weighted by molar-refractivity contribution is -0.157. The molecule has 9 rings (SSSR count). The van der Waals surface area contributed by atoms with E-state index in [9.17, 15) is 48.3 Å². The number of benzene rings is 3. The van der Waals surface area contributed by atoms with Crippen LogP contribution in [0.15, 0.2) is 83.7 Å². The number of ether oxygens (including phenoxy) is 3. The zero-order chi connectivity index (χ0) is 54.5. The molecule has 4 aliphatic rings. The Labute approximate surface area is 439 Å². The van der Waals surface area contributed by atoms with Crippen LogP contribution in [0.2, 0.25) is 0 Å². The van der Waals surface area contributed by atoms with Gasteiger partial charge in [-0.2, -0.15) is 0 Å². The van der Waals surface area contributed by atoms with Crippen molar-refractivity contribution in [2.24, 2.45) is 0 Å². The highest BCUT2D eigenvalue weighted by atomic mass is 19.1. The topological polar surface area (TPSA) is 283 Å². The van der Waals surface area contributed by atoms with Gasteiger partial charge >= 0.3 is 5.97 Å². The fourth-order valence-corrected chi connectivity index (χ4v) is 10.1. The Morgan fingerprint density at radius 3 is 2.27 bits per heavy atom. The molecule has 3 aliphatic heterocycles. The van der Waals surface area contributed by atoms with E-state index in [4.69, 9.17) is 19.2 Å². The molecule has 400 valence electrons. The number of amides is 7. The standard InChI is InChI=1S/C55H55FN8O13/c1-30-34-16-17-55(2,49-36-26-63-41(50(36)62-39(48(34)49)22-38(30)56)21-35-37(53(63)73)27-77-54(74)51(35)71)28-75-18-19-76-29-60-44(67)24-59-52(72)40(20-32-6-4-3-5-7-32)61-45(68)25-58-43(66)23-57-42(65)13-10-31-8-11-33(12-9-31)64-46(69)14-15-47(64)70/h3-9,11-12,14-15,21-22,40,51,71H,10,13,16-20,23-29H2,1-2H3,(H,57,65)(H,58,66)(H,59,72)(H,60,67)(H,61,68)/t40?,51?,55-/m0/s1. The van der Waals surface area contributed by atoms with Crippen molar-refractivity contribution in [2.45, 2.75) is 76.7 Å². The molecule has 3 aromatic carbocycles. The predicted octanol–water partition coefficient (Wildman–Crippen LogP) is 1.41. The van der Waals surface area contributed by atoms with E-state index < -0.39 is 95.9 Å². The van der Waals surface area contributed by atoms with Crippen LogP contribution in [0.4, 0.5) is 10.1 Å². The second kappa shape index (κ2) is 22.8. The van der Waals surface area contributed by atoms with Crippen LogP contribution in [0.1, 0.15) is 70.4 Å². The number of hydrogen-bond donors (Lipinski definition) is 6. The van der Waals surface area contributed by atoms with Crippen LogP contribution in [0.25, 0.3) is 22.3 Å². The van der Waals surface area contributed by atoms with E-state index in [0.717, 1.165) is 32.5 Å². The number of aryl methyl sites for hydroxylation is 2. The summed E-state index contributed by atoms with van der Waals surface area (Å²) in [6.07, 6.45) is 2.32. The molecule has 77 heavy (non-hydrogen) atoms. The Balaban J connectivity index is 0.715. The number of anilines is 1. The van der Waals surface area contributed by atoms with Crippen molar-refractivity contribution in [1.82, 2.24) is 36.1 Å². The third-order valence-corrected chi connectivity index (χ3v) is 14.2. The minimum atomic E-state index is -1.62. The molecule has 1 aliphatic carbocycles. The molecule has 5 heterocycles. The summed E-state index contributed by atoms with van der Waals surface area (Å²) in [6.45, 7) is 2.55. The van der Waals surface area contributed by atoms with Crippen molar-refractivity contribution < 1.29 is 62.1 Å². The first-order chi connectivity index (χ1) is 37.0.